The Labute approximate surface area is 239 Å². The molecule has 9 heteroatoms. The van der Waals surface area contributed by atoms with E-state index < -0.39 is 6.10 Å². The van der Waals surface area contributed by atoms with Crippen LogP contribution in [-0.2, 0) is 0 Å². The normalized spacial score (nSPS) is 11.9. The fourth-order valence-electron chi connectivity index (χ4n) is 4.60. The van der Waals surface area contributed by atoms with E-state index >= 15 is 0 Å². The average Bonchev–Trinajstić information content (AvgIpc) is 3.29. The summed E-state index contributed by atoms with van der Waals surface area (Å²) in [6, 6.07) is 29.0. The maximum absolute atomic E-state index is 11.6. The van der Waals surface area contributed by atoms with Crippen molar-refractivity contribution in [2.24, 2.45) is 0 Å². The summed E-state index contributed by atoms with van der Waals surface area (Å²) in [5.41, 5.74) is 6.05. The lowest BCUT2D eigenvalue weighted by Crippen LogP contribution is -2.11. The van der Waals surface area contributed by atoms with Crippen molar-refractivity contribution >= 4 is 50.1 Å². The highest BCUT2D eigenvalue weighted by molar-refractivity contribution is 9.10. The molecular formula is C31H26BrN7O. The molecule has 3 N–H and O–H groups in total. The van der Waals surface area contributed by atoms with E-state index in [0.717, 1.165) is 32.4 Å². The van der Waals surface area contributed by atoms with Crippen molar-refractivity contribution in [1.82, 2.24) is 24.7 Å². The van der Waals surface area contributed by atoms with Gasteiger partial charge in [0.15, 0.2) is 11.6 Å². The number of para-hydroxylation sites is 3. The van der Waals surface area contributed by atoms with Gasteiger partial charge in [0.05, 0.1) is 33.7 Å². The van der Waals surface area contributed by atoms with Gasteiger partial charge >= 0.3 is 0 Å². The number of benzene rings is 3. The minimum absolute atomic E-state index is 0.492. The third kappa shape index (κ3) is 5.04. The van der Waals surface area contributed by atoms with E-state index in [1.165, 1.54) is 0 Å². The third-order valence-corrected chi connectivity index (χ3v) is 7.13. The van der Waals surface area contributed by atoms with E-state index in [4.69, 9.17) is 15.1 Å². The fourth-order valence-corrected chi connectivity index (χ4v) is 4.87. The molecule has 0 spiro atoms. The molecule has 198 valence electrons. The van der Waals surface area contributed by atoms with Gasteiger partial charge in [-0.1, -0.05) is 52.3 Å². The lowest BCUT2D eigenvalue weighted by Gasteiger charge is -2.18. The maximum atomic E-state index is 11.6. The second-order valence-corrected chi connectivity index (χ2v) is 10.3. The van der Waals surface area contributed by atoms with Gasteiger partial charge in [-0.3, -0.25) is 4.98 Å². The molecule has 3 aromatic carbocycles. The number of aliphatic hydroxyl groups is 1. The Kier molecular flexibility index (Phi) is 6.98. The summed E-state index contributed by atoms with van der Waals surface area (Å²) in [6.45, 7) is 3.91. The minimum atomic E-state index is -1.02. The Hall–Kier alpha value is -4.60. The first-order valence-corrected chi connectivity index (χ1v) is 13.6. The van der Waals surface area contributed by atoms with Crippen LogP contribution in [0.2, 0.25) is 0 Å². The van der Waals surface area contributed by atoms with Gasteiger partial charge < -0.3 is 15.7 Å². The zero-order valence-electron chi connectivity index (χ0n) is 21.9. The van der Waals surface area contributed by atoms with Crippen LogP contribution >= 0.6 is 15.9 Å². The zero-order chi connectivity index (χ0) is 27.6. The van der Waals surface area contributed by atoms with Crippen molar-refractivity contribution in [3.8, 4) is 5.69 Å². The number of fused-ring (bicyclic) bond motifs is 1. The van der Waals surface area contributed by atoms with E-state index in [0.29, 0.717) is 34.4 Å². The number of pyridine rings is 1. The molecule has 6 rings (SSSR count). The predicted octanol–water partition coefficient (Wildman–Crippen LogP) is 7.16. The minimum Gasteiger partial charge on any atom is -0.382 e. The van der Waals surface area contributed by atoms with Gasteiger partial charge in [0.25, 0.3) is 0 Å². The molecule has 0 saturated carbocycles. The highest BCUT2D eigenvalue weighted by Crippen LogP contribution is 2.36. The van der Waals surface area contributed by atoms with Gasteiger partial charge in [0.1, 0.15) is 11.9 Å². The van der Waals surface area contributed by atoms with Crippen LogP contribution < -0.4 is 10.6 Å². The molecule has 0 aliphatic carbocycles. The number of nitrogens with zero attached hydrogens (tertiary/aromatic N) is 5. The maximum Gasteiger partial charge on any atom is 0.175 e. The van der Waals surface area contributed by atoms with E-state index in [-0.39, 0.29) is 0 Å². The molecule has 0 saturated heterocycles. The van der Waals surface area contributed by atoms with Crippen molar-refractivity contribution in [2.75, 3.05) is 10.6 Å². The molecule has 0 fully saturated rings. The summed E-state index contributed by atoms with van der Waals surface area (Å²) in [6.07, 6.45) is 0.652. The van der Waals surface area contributed by atoms with Crippen LogP contribution in [0.3, 0.4) is 0 Å². The number of anilines is 4. The van der Waals surface area contributed by atoms with Crippen molar-refractivity contribution < 1.29 is 5.11 Å². The van der Waals surface area contributed by atoms with Gasteiger partial charge in [0, 0.05) is 16.4 Å². The number of halogens is 1. The molecule has 1 atom stereocenters. The number of aliphatic hydroxyl groups excluding tert-OH is 1. The Balaban J connectivity index is 1.53. The highest BCUT2D eigenvalue weighted by Gasteiger charge is 2.26. The van der Waals surface area contributed by atoms with Gasteiger partial charge in [-0.15, -0.1) is 0 Å². The summed E-state index contributed by atoms with van der Waals surface area (Å²) in [5.74, 6) is 1.61. The lowest BCUT2D eigenvalue weighted by atomic mass is 10.1. The molecule has 40 heavy (non-hydrogen) atoms. The van der Waals surface area contributed by atoms with Gasteiger partial charge in [-0.05, 0) is 74.0 Å². The third-order valence-electron chi connectivity index (χ3n) is 6.61. The van der Waals surface area contributed by atoms with Crippen molar-refractivity contribution in [3.05, 3.63) is 124 Å². The van der Waals surface area contributed by atoms with Gasteiger partial charge in [-0.25, -0.2) is 14.6 Å². The molecule has 0 amide bonds. The largest absolute Gasteiger partial charge is 0.382 e. The number of hydrogen-bond acceptors (Lipinski definition) is 7. The molecule has 0 radical (unpaired) electrons. The molecular weight excluding hydrogens is 566 g/mol. The van der Waals surface area contributed by atoms with Gasteiger partial charge in [-0.2, -0.15) is 5.10 Å². The highest BCUT2D eigenvalue weighted by atomic mass is 79.9. The van der Waals surface area contributed by atoms with Crippen LogP contribution in [-0.4, -0.2) is 29.8 Å². The second kappa shape index (κ2) is 10.9. The van der Waals surface area contributed by atoms with E-state index in [2.05, 4.69) is 31.5 Å². The summed E-state index contributed by atoms with van der Waals surface area (Å²) >= 11 is 3.49. The van der Waals surface area contributed by atoms with Crippen LogP contribution in [0.25, 0.3) is 16.7 Å². The van der Waals surface area contributed by atoms with E-state index in [1.807, 2.05) is 103 Å². The molecule has 3 heterocycles. The summed E-state index contributed by atoms with van der Waals surface area (Å²) < 4.78 is 2.79. The fraction of sp³-hybridized carbons (Fsp3) is 0.0968. The van der Waals surface area contributed by atoms with Crippen LogP contribution in [0.4, 0.5) is 23.1 Å². The number of rotatable bonds is 7. The SMILES string of the molecule is Cc1ccccc1-n1nc(C)c([C@H](O)c2ccccn2)c1Nc1nc2ccccc2nc1Nc1ccc(Br)cc1. The average molecular weight is 593 g/mol. The smallest absolute Gasteiger partial charge is 0.175 e. The van der Waals surface area contributed by atoms with Crippen molar-refractivity contribution in [1.29, 1.82) is 0 Å². The summed E-state index contributed by atoms with van der Waals surface area (Å²) in [7, 11) is 0. The first kappa shape index (κ1) is 25.7. The van der Waals surface area contributed by atoms with Crippen LogP contribution in [0.5, 0.6) is 0 Å². The predicted molar refractivity (Wildman–Crippen MR) is 162 cm³/mol. The summed E-state index contributed by atoms with van der Waals surface area (Å²) in [5, 5.41) is 23.3. The molecule has 0 aliphatic heterocycles. The van der Waals surface area contributed by atoms with Crippen LogP contribution in [0, 0.1) is 13.8 Å². The van der Waals surface area contributed by atoms with Crippen LogP contribution in [0.1, 0.15) is 28.6 Å². The Morgan fingerprint density at radius 2 is 1.43 bits per heavy atom. The van der Waals surface area contributed by atoms with Crippen molar-refractivity contribution in [2.45, 2.75) is 20.0 Å². The second-order valence-electron chi connectivity index (χ2n) is 9.37. The first-order chi connectivity index (χ1) is 19.5. The molecule has 0 bridgehead atoms. The standard InChI is InChI=1S/C31H26BrN7O/c1-19-9-3-6-13-26(19)39-31(27(20(2)38-39)28(40)25-12-7-8-18-33-25)37-30-29(34-22-16-14-21(32)15-17-22)35-23-10-4-5-11-24(23)36-30/h3-18,28,40H,1-2H3,(H,34,35)(H,36,37)/t28-/m1/s1. The monoisotopic (exact) mass is 591 g/mol. The van der Waals surface area contributed by atoms with E-state index in [1.54, 1.807) is 12.3 Å². The Bertz CT molecular complexity index is 1800. The number of nitrogens with one attached hydrogen (secondary N) is 2. The zero-order valence-corrected chi connectivity index (χ0v) is 23.5. The molecule has 6 aromatic rings. The Morgan fingerprint density at radius 1 is 0.775 bits per heavy atom. The quantitative estimate of drug-likeness (QED) is 0.181. The van der Waals surface area contributed by atoms with Gasteiger partial charge in [0.2, 0.25) is 0 Å². The number of aromatic nitrogens is 5. The lowest BCUT2D eigenvalue weighted by molar-refractivity contribution is 0.215. The number of aryl methyl sites for hydroxylation is 2. The molecule has 8 nitrogen and oxygen atoms in total. The first-order valence-electron chi connectivity index (χ1n) is 12.8. The topological polar surface area (TPSA) is 101 Å². The summed E-state index contributed by atoms with van der Waals surface area (Å²) in [4.78, 5) is 14.2. The molecule has 0 aliphatic rings. The molecule has 3 aromatic heterocycles. The number of hydrogen-bond donors (Lipinski definition) is 3. The van der Waals surface area contributed by atoms with Crippen molar-refractivity contribution in [3.63, 3.8) is 0 Å². The Morgan fingerprint density at radius 3 is 2.10 bits per heavy atom. The van der Waals surface area contributed by atoms with Crippen LogP contribution in [0.15, 0.2) is 102 Å². The molecule has 0 unspecified atom stereocenters. The van der Waals surface area contributed by atoms with E-state index in [9.17, 15) is 5.11 Å².